The summed E-state index contributed by atoms with van der Waals surface area (Å²) in [5.41, 5.74) is 1.72. The Morgan fingerprint density at radius 2 is 1.58 bits per heavy atom. The second-order valence-corrected chi connectivity index (χ2v) is 7.99. The van der Waals surface area contributed by atoms with Gasteiger partial charge in [-0.15, -0.1) is 0 Å². The van der Waals surface area contributed by atoms with Gasteiger partial charge < -0.3 is 9.50 Å². The van der Waals surface area contributed by atoms with Crippen molar-refractivity contribution in [2.45, 2.75) is 13.8 Å². The van der Waals surface area contributed by atoms with Crippen molar-refractivity contribution in [1.29, 1.82) is 0 Å². The molecule has 0 radical (unpaired) electrons. The number of hydrogen-bond donors (Lipinski definition) is 2. The average Bonchev–Trinajstić information content (AvgIpc) is 2.78. The molecule has 33 heavy (non-hydrogen) atoms. The van der Waals surface area contributed by atoms with Gasteiger partial charge >= 0.3 is 0 Å². The fourth-order valence-corrected chi connectivity index (χ4v) is 4.13. The number of carbonyl (C=O) groups excluding carboxylic acids is 2. The number of hydrogen-bond acceptors (Lipinski definition) is 8. The molecule has 166 valence electrons. The van der Waals surface area contributed by atoms with Crippen LogP contribution in [0.2, 0.25) is 0 Å². The van der Waals surface area contributed by atoms with Crippen molar-refractivity contribution in [3.63, 3.8) is 0 Å². The molecule has 0 aromatic heterocycles. The van der Waals surface area contributed by atoms with Gasteiger partial charge in [-0.3, -0.25) is 24.4 Å². The molecule has 4 rings (SSSR count). The van der Waals surface area contributed by atoms with Crippen LogP contribution in [-0.4, -0.2) is 16.5 Å². The molecule has 0 atom stereocenters. The Bertz CT molecular complexity index is 1280. The normalized spacial score (nSPS) is 12.9. The van der Waals surface area contributed by atoms with Gasteiger partial charge in [-0.1, -0.05) is 30.3 Å². The monoisotopic (exact) mass is 461 g/mol. The number of nitro groups is 1. The molecule has 0 fully saturated rings. The highest BCUT2D eigenvalue weighted by atomic mass is 32.2. The molecule has 8 nitrogen and oxygen atoms in total. The summed E-state index contributed by atoms with van der Waals surface area (Å²) in [4.78, 5) is 37.6. The highest BCUT2D eigenvalue weighted by Gasteiger charge is 2.38. The first-order chi connectivity index (χ1) is 15.8. The van der Waals surface area contributed by atoms with Gasteiger partial charge in [0, 0.05) is 17.3 Å². The van der Waals surface area contributed by atoms with E-state index in [9.17, 15) is 19.7 Å². The van der Waals surface area contributed by atoms with Crippen LogP contribution in [0, 0.1) is 24.0 Å². The van der Waals surface area contributed by atoms with Crippen LogP contribution < -0.4 is 14.2 Å². The van der Waals surface area contributed by atoms with E-state index in [2.05, 4.69) is 10.0 Å². The largest absolute Gasteiger partial charge is 0.405 e. The van der Waals surface area contributed by atoms with Gasteiger partial charge in [0.25, 0.3) is 5.69 Å². The Morgan fingerprint density at radius 3 is 2.24 bits per heavy atom. The fraction of sp³-hybridized carbons (Fsp3) is 0.0833. The number of fused-ring (bicyclic) bond motifs is 1. The number of nitrogens with zero attached hydrogens (tertiary/aromatic N) is 1. The summed E-state index contributed by atoms with van der Waals surface area (Å²) in [7, 11) is 0. The molecule has 0 unspecified atom stereocenters. The van der Waals surface area contributed by atoms with E-state index in [0.717, 1.165) is 23.4 Å². The first-order valence-electron chi connectivity index (χ1n) is 9.96. The van der Waals surface area contributed by atoms with Crippen molar-refractivity contribution in [3.05, 3.63) is 110 Å². The van der Waals surface area contributed by atoms with Crippen molar-refractivity contribution in [2.24, 2.45) is 0 Å². The van der Waals surface area contributed by atoms with E-state index in [1.54, 1.807) is 24.3 Å². The maximum atomic E-state index is 13.4. The number of para-hydroxylation sites is 1. The van der Waals surface area contributed by atoms with E-state index < -0.39 is 22.2 Å². The van der Waals surface area contributed by atoms with Crippen LogP contribution in [0.15, 0.2) is 78.1 Å². The van der Waals surface area contributed by atoms with E-state index in [0.29, 0.717) is 11.4 Å². The van der Waals surface area contributed by atoms with Crippen molar-refractivity contribution in [2.75, 3.05) is 5.32 Å². The highest BCUT2D eigenvalue weighted by Crippen LogP contribution is 2.33. The molecule has 2 N–H and O–H groups in total. The number of ketones is 2. The number of nitrogens with one attached hydrogen (secondary N) is 2. The van der Waals surface area contributed by atoms with Crippen LogP contribution in [0.1, 0.15) is 31.8 Å². The Balaban J connectivity index is 1.75. The molecule has 0 bridgehead atoms. The third kappa shape index (κ3) is 4.58. The third-order valence-corrected chi connectivity index (χ3v) is 5.49. The van der Waals surface area contributed by atoms with Crippen LogP contribution in [-0.2, 0) is 0 Å². The summed E-state index contributed by atoms with van der Waals surface area (Å²) in [6.45, 7) is 3.84. The van der Waals surface area contributed by atoms with Crippen LogP contribution in [0.5, 0.6) is 5.75 Å². The number of nitro benzene ring substituents is 1. The minimum Gasteiger partial charge on any atom is -0.405 e. The minimum atomic E-state index is -0.673. The Morgan fingerprint density at radius 1 is 0.879 bits per heavy atom. The van der Waals surface area contributed by atoms with Gasteiger partial charge in [-0.05, 0) is 55.3 Å². The Kier molecular flexibility index (Phi) is 6.14. The lowest BCUT2D eigenvalue weighted by Gasteiger charge is -2.22. The average molecular weight is 461 g/mol. The van der Waals surface area contributed by atoms with Crippen LogP contribution >= 0.6 is 12.2 Å². The van der Waals surface area contributed by atoms with E-state index in [1.807, 2.05) is 38.1 Å². The second-order valence-electron chi connectivity index (χ2n) is 7.45. The van der Waals surface area contributed by atoms with Crippen LogP contribution in [0.4, 0.5) is 11.4 Å². The van der Waals surface area contributed by atoms with E-state index in [4.69, 9.17) is 4.18 Å². The van der Waals surface area contributed by atoms with Crippen molar-refractivity contribution in [3.8, 4) is 5.75 Å². The number of benzene rings is 3. The van der Waals surface area contributed by atoms with Gasteiger partial charge in [0.15, 0.2) is 12.2 Å². The predicted molar refractivity (Wildman–Crippen MR) is 126 cm³/mol. The predicted octanol–water partition coefficient (Wildman–Crippen LogP) is 5.15. The summed E-state index contributed by atoms with van der Waals surface area (Å²) < 4.78 is 8.32. The van der Waals surface area contributed by atoms with Crippen LogP contribution in [0.25, 0.3) is 0 Å². The minimum absolute atomic E-state index is 0.0119. The molecule has 0 aliphatic heterocycles. The number of aryl methyl sites for hydroxylation is 2. The lowest BCUT2D eigenvalue weighted by atomic mass is 9.89. The zero-order chi connectivity index (χ0) is 23.5. The van der Waals surface area contributed by atoms with Crippen molar-refractivity contribution in [1.82, 2.24) is 4.72 Å². The first-order valence-corrected chi connectivity index (χ1v) is 10.7. The number of carbonyl (C=O) groups is 2. The van der Waals surface area contributed by atoms with Crippen molar-refractivity contribution >= 4 is 35.2 Å². The standard InChI is InChI=1S/C24H19N3O5S/c1-14-11-15(2)13-16(12-14)25-21-22(26-33-32-17-7-4-3-5-8-17)24(29)20-18(23(21)28)9-6-10-19(20)27(30)31/h3-13,25-26H,1-2H3. The zero-order valence-electron chi connectivity index (χ0n) is 17.7. The maximum Gasteiger partial charge on any atom is 0.281 e. The van der Waals surface area contributed by atoms with Gasteiger partial charge in [0.2, 0.25) is 11.6 Å². The summed E-state index contributed by atoms with van der Waals surface area (Å²) in [5, 5.41) is 14.6. The molecule has 0 heterocycles. The smallest absolute Gasteiger partial charge is 0.281 e. The van der Waals surface area contributed by atoms with Crippen molar-refractivity contribution < 1.29 is 18.7 Å². The highest BCUT2D eigenvalue weighted by molar-refractivity contribution is 7.93. The van der Waals surface area contributed by atoms with E-state index in [-0.39, 0.29) is 22.5 Å². The van der Waals surface area contributed by atoms with Gasteiger partial charge in [-0.2, -0.15) is 0 Å². The van der Waals surface area contributed by atoms with Crippen LogP contribution in [0.3, 0.4) is 0 Å². The number of rotatable bonds is 7. The topological polar surface area (TPSA) is 111 Å². The lowest BCUT2D eigenvalue weighted by Crippen LogP contribution is -2.31. The maximum absolute atomic E-state index is 13.4. The summed E-state index contributed by atoms with van der Waals surface area (Å²) in [6, 6.07) is 18.5. The summed E-state index contributed by atoms with van der Waals surface area (Å²) in [5.74, 6) is -0.677. The molecule has 9 heteroatoms. The molecule has 1 aliphatic carbocycles. The molecule has 1 aliphatic rings. The quantitative estimate of drug-likeness (QED) is 0.215. The molecular weight excluding hydrogens is 442 g/mol. The van der Waals surface area contributed by atoms with E-state index in [1.165, 1.54) is 18.2 Å². The Labute approximate surface area is 194 Å². The number of Topliss-reactive ketones (excluding diaryl/α,β-unsaturated/α-hetero) is 2. The Hall–Kier alpha value is -4.11. The molecule has 3 aromatic carbocycles. The van der Waals surface area contributed by atoms with Gasteiger partial charge in [-0.25, -0.2) is 0 Å². The van der Waals surface area contributed by atoms with Gasteiger partial charge in [0.05, 0.1) is 4.92 Å². The van der Waals surface area contributed by atoms with E-state index >= 15 is 0 Å². The second kappa shape index (κ2) is 9.17. The van der Waals surface area contributed by atoms with Gasteiger partial charge in [0.1, 0.15) is 22.7 Å². The third-order valence-electron chi connectivity index (χ3n) is 4.93. The number of anilines is 1. The number of allylic oxidation sites excluding steroid dienone is 2. The zero-order valence-corrected chi connectivity index (χ0v) is 18.6. The fourth-order valence-electron chi connectivity index (χ4n) is 3.60. The SMILES string of the molecule is Cc1cc(C)cc(NC2=C(NSOc3ccccc3)C(=O)c3c(cccc3[N+](=O)[O-])C2=O)c1. The molecule has 0 spiro atoms. The molecule has 0 saturated heterocycles. The lowest BCUT2D eigenvalue weighted by molar-refractivity contribution is -0.385. The molecule has 0 amide bonds. The first kappa shape index (κ1) is 22.1. The molecular formula is C24H19N3O5S. The summed E-state index contributed by atoms with van der Waals surface area (Å²) in [6.07, 6.45) is 0. The summed E-state index contributed by atoms with van der Waals surface area (Å²) >= 11 is 0.737. The molecule has 0 saturated carbocycles. The molecule has 3 aromatic rings.